The van der Waals surface area contributed by atoms with Gasteiger partial charge in [-0.1, -0.05) is 186 Å². The first kappa shape index (κ1) is 44.5. The van der Waals surface area contributed by atoms with Crippen molar-refractivity contribution < 1.29 is 13.2 Å². The molecule has 0 saturated heterocycles. The van der Waals surface area contributed by atoms with Crippen LogP contribution in [0.1, 0.15) is 50.4 Å². The summed E-state index contributed by atoms with van der Waals surface area (Å²) in [6.07, 6.45) is 1.84. The molecule has 0 saturated carbocycles. The molecule has 0 radical (unpaired) electrons. The second-order valence-corrected chi connectivity index (χ2v) is 19.5. The first-order valence-electron chi connectivity index (χ1n) is 24.3. The Morgan fingerprint density at radius 3 is 1.50 bits per heavy atom. The molecule has 1 aliphatic carbocycles. The number of nitrogens with zero attached hydrogens (tertiary/aromatic N) is 3. The van der Waals surface area contributed by atoms with Gasteiger partial charge < -0.3 is 9.47 Å². The smallest absolute Gasteiger partial charge is 0.332 e. The molecule has 2 aliphatic rings. The van der Waals surface area contributed by atoms with Crippen LogP contribution in [0.25, 0.3) is 77.6 Å². The molecule has 0 spiro atoms. The molecular weight excluding hydrogens is 892 g/mol. The quantitative estimate of drug-likeness (QED) is 0.159. The van der Waals surface area contributed by atoms with Crippen LogP contribution in [0.5, 0.6) is 0 Å². The fraction of sp³-hybridized carbons (Fsp3) is 0.106. The predicted octanol–water partition coefficient (Wildman–Crippen LogP) is 17.8. The highest BCUT2D eigenvalue weighted by Gasteiger charge is 2.42. The highest BCUT2D eigenvalue weighted by Crippen LogP contribution is 2.54. The average molecular weight is 940 g/mol. The topological polar surface area (TPSA) is 32.0 Å². The van der Waals surface area contributed by atoms with Crippen LogP contribution in [0.3, 0.4) is 0 Å². The lowest BCUT2D eigenvalue weighted by Gasteiger charge is -2.33. The van der Waals surface area contributed by atoms with Crippen molar-refractivity contribution in [3.8, 4) is 56.3 Å². The Morgan fingerprint density at radius 1 is 0.472 bits per heavy atom. The standard InChI is InChI=1S/C66H48F3N3/c1-40-8-16-45(17-9-40)49-24-28-54-55-29-25-50(46-18-10-41(2)11-19-46)34-61(55)71(60(54)33-49)64-37-58(53-7-5-6-44(32-53)39-70)59(66(67,68)69)38-65(64)72-62-35-51(47-20-12-42(3)13-21-47)26-30-56(62)57-31-27-52(36-63(57)72)48-22-14-43(4)15-23-48/h5-38,56,62H,1-4H3. The zero-order chi connectivity index (χ0) is 49.4. The summed E-state index contributed by atoms with van der Waals surface area (Å²) in [5.74, 6) is -0.171. The predicted molar refractivity (Wildman–Crippen MR) is 290 cm³/mol. The number of fused-ring (bicyclic) bond motifs is 6. The van der Waals surface area contributed by atoms with E-state index < -0.39 is 17.8 Å². The van der Waals surface area contributed by atoms with Crippen molar-refractivity contribution in [2.75, 3.05) is 4.90 Å². The van der Waals surface area contributed by atoms with Crippen molar-refractivity contribution in [2.24, 2.45) is 0 Å². The van der Waals surface area contributed by atoms with E-state index in [1.165, 1.54) is 6.07 Å². The Morgan fingerprint density at radius 2 is 0.972 bits per heavy atom. The van der Waals surface area contributed by atoms with Crippen molar-refractivity contribution >= 4 is 38.8 Å². The van der Waals surface area contributed by atoms with E-state index in [0.29, 0.717) is 16.9 Å². The van der Waals surface area contributed by atoms with Gasteiger partial charge in [0.05, 0.1) is 45.6 Å². The highest BCUT2D eigenvalue weighted by molar-refractivity contribution is 6.12. The van der Waals surface area contributed by atoms with Gasteiger partial charge in [0.2, 0.25) is 0 Å². The summed E-state index contributed by atoms with van der Waals surface area (Å²) >= 11 is 0. The van der Waals surface area contributed by atoms with Crippen molar-refractivity contribution in [3.05, 3.63) is 251 Å². The van der Waals surface area contributed by atoms with E-state index in [4.69, 9.17) is 0 Å². The van der Waals surface area contributed by atoms with E-state index in [1.54, 1.807) is 30.3 Å². The van der Waals surface area contributed by atoms with Crippen molar-refractivity contribution in [3.63, 3.8) is 0 Å². The molecule has 12 rings (SSSR count). The second-order valence-electron chi connectivity index (χ2n) is 19.5. The third kappa shape index (κ3) is 7.79. The number of benzene rings is 9. The maximum absolute atomic E-state index is 16.3. The molecule has 9 aromatic carbocycles. The molecule has 0 amide bonds. The lowest BCUT2D eigenvalue weighted by molar-refractivity contribution is -0.137. The Kier molecular flexibility index (Phi) is 10.7. The van der Waals surface area contributed by atoms with Crippen LogP contribution in [0, 0.1) is 39.0 Å². The average Bonchev–Trinajstić information content (AvgIpc) is 3.89. The molecule has 2 unspecified atom stereocenters. The lowest BCUT2D eigenvalue weighted by Crippen LogP contribution is -2.30. The Balaban J connectivity index is 1.21. The minimum atomic E-state index is -4.77. The summed E-state index contributed by atoms with van der Waals surface area (Å²) in [6, 6.07) is 64.4. The first-order valence-corrected chi connectivity index (χ1v) is 24.3. The molecule has 348 valence electrons. The number of alkyl halides is 3. The van der Waals surface area contributed by atoms with Gasteiger partial charge in [-0.15, -0.1) is 0 Å². The van der Waals surface area contributed by atoms with Gasteiger partial charge >= 0.3 is 6.18 Å². The summed E-state index contributed by atoms with van der Waals surface area (Å²) < 4.78 is 50.9. The van der Waals surface area contributed by atoms with Crippen molar-refractivity contribution in [1.29, 1.82) is 5.26 Å². The summed E-state index contributed by atoms with van der Waals surface area (Å²) in [6.45, 7) is 8.26. The van der Waals surface area contributed by atoms with Gasteiger partial charge in [0.15, 0.2) is 0 Å². The van der Waals surface area contributed by atoms with Gasteiger partial charge in [-0.2, -0.15) is 18.4 Å². The van der Waals surface area contributed by atoms with Gasteiger partial charge in [-0.3, -0.25) is 0 Å². The molecule has 2 atom stereocenters. The normalized spacial score (nSPS) is 15.1. The minimum absolute atomic E-state index is 0.0125. The number of hydrogen-bond acceptors (Lipinski definition) is 2. The third-order valence-corrected chi connectivity index (χ3v) is 14.7. The number of aromatic nitrogens is 1. The van der Waals surface area contributed by atoms with Crippen LogP contribution in [0.4, 0.5) is 24.5 Å². The highest BCUT2D eigenvalue weighted by atomic mass is 19.4. The number of nitriles is 1. The molecule has 6 heteroatoms. The first-order chi connectivity index (χ1) is 34.9. The molecular formula is C66H48F3N3. The largest absolute Gasteiger partial charge is 0.417 e. The Hall–Kier alpha value is -8.66. The van der Waals surface area contributed by atoms with E-state index in [2.05, 4.69) is 213 Å². The number of halogens is 3. The maximum atomic E-state index is 16.3. The van der Waals surface area contributed by atoms with Crippen molar-refractivity contribution in [1.82, 2.24) is 4.57 Å². The molecule has 10 aromatic rings. The maximum Gasteiger partial charge on any atom is 0.417 e. The van der Waals surface area contributed by atoms with Crippen LogP contribution in [-0.2, 0) is 6.18 Å². The number of allylic oxidation sites excluding steroid dienone is 2. The summed E-state index contributed by atoms with van der Waals surface area (Å²) in [4.78, 5) is 2.17. The SMILES string of the molecule is Cc1ccc(C2=CC3C(C=C2)c2ccc(-c4ccc(C)cc4)cc2N3c2cc(C(F)(F)F)c(-c3cccc(C#N)c3)cc2-n2c3cc(-c4ccc(C)cc4)ccc3c3ccc(-c4ccc(C)cc4)cc32)cc1. The van der Waals surface area contributed by atoms with Crippen LogP contribution in [-0.4, -0.2) is 10.6 Å². The molecule has 3 nitrogen and oxygen atoms in total. The van der Waals surface area contributed by atoms with E-state index in [1.807, 2.05) is 0 Å². The summed E-state index contributed by atoms with van der Waals surface area (Å²) in [7, 11) is 0. The van der Waals surface area contributed by atoms with E-state index >= 15 is 13.2 Å². The molecule has 2 heterocycles. The fourth-order valence-electron chi connectivity index (χ4n) is 10.8. The second kappa shape index (κ2) is 17.3. The summed E-state index contributed by atoms with van der Waals surface area (Å²) in [5.41, 5.74) is 17.0. The third-order valence-electron chi connectivity index (χ3n) is 14.7. The van der Waals surface area contributed by atoms with Crippen LogP contribution >= 0.6 is 0 Å². The zero-order valence-electron chi connectivity index (χ0n) is 40.3. The Labute approximate surface area is 417 Å². The zero-order valence-corrected chi connectivity index (χ0v) is 40.3. The van der Waals surface area contributed by atoms with Gasteiger partial charge in [-0.25, -0.2) is 0 Å². The number of hydrogen-bond donors (Lipinski definition) is 0. The Bertz CT molecular complexity index is 3780. The van der Waals surface area contributed by atoms with E-state index in [-0.39, 0.29) is 17.0 Å². The molecule has 0 fully saturated rings. The molecule has 72 heavy (non-hydrogen) atoms. The minimum Gasteiger partial charge on any atom is -0.332 e. The van der Waals surface area contributed by atoms with E-state index in [9.17, 15) is 5.26 Å². The lowest BCUT2D eigenvalue weighted by atomic mass is 9.86. The van der Waals surface area contributed by atoms with E-state index in [0.717, 1.165) is 99.8 Å². The number of rotatable bonds is 7. The molecule has 1 aromatic heterocycles. The van der Waals surface area contributed by atoms with Crippen molar-refractivity contribution in [2.45, 2.75) is 45.8 Å². The number of aryl methyl sites for hydroxylation is 4. The van der Waals surface area contributed by atoms with Crippen LogP contribution < -0.4 is 4.90 Å². The van der Waals surface area contributed by atoms with Gasteiger partial charge in [0.25, 0.3) is 0 Å². The van der Waals surface area contributed by atoms with Crippen LogP contribution in [0.15, 0.2) is 206 Å². The molecule has 0 bridgehead atoms. The molecule has 0 N–H and O–H groups in total. The fourth-order valence-corrected chi connectivity index (χ4v) is 10.8. The monoisotopic (exact) mass is 939 g/mol. The van der Waals surface area contributed by atoms with Gasteiger partial charge in [0.1, 0.15) is 0 Å². The van der Waals surface area contributed by atoms with Gasteiger partial charge in [-0.05, 0) is 131 Å². The number of anilines is 2. The summed E-state index contributed by atoms with van der Waals surface area (Å²) in [5, 5.41) is 12.0. The molecule has 1 aliphatic heterocycles. The van der Waals surface area contributed by atoms with Crippen LogP contribution in [0.2, 0.25) is 0 Å². The van der Waals surface area contributed by atoms with Gasteiger partial charge in [0, 0.05) is 22.4 Å².